The molecule has 0 unspecified atom stereocenters. The van der Waals surface area contributed by atoms with Crippen LogP contribution in [0.2, 0.25) is 0 Å². The third-order valence-corrected chi connectivity index (χ3v) is 24.4. The van der Waals surface area contributed by atoms with E-state index in [1.54, 1.807) is 48.7 Å². The Balaban J connectivity index is 1.10. The molecule has 0 fully saturated rings. The number of para-hydroxylation sites is 4. The maximum atomic E-state index is 11.2. The Kier molecular flexibility index (Phi) is 7.88. The SMILES string of the molecule is [2H]c1c([2H])c([2H])c([Si](c2c([2H])c([2H])c([2H])c([2H])c2[2H])(c2c([2H])c([2H])c([2H])c([2H])c2[2H])c2c([2H])c([2H])c([2H])c(-c3cccc(-c4c([2H])c([2H])c([2H])c([Si](c5c([2H])c([2H])c([2H])c([2H])c5[2H])(c5c([2H])c([2H])c([2H])c([2H])c5[2H])c5c([2H])c([2H])c([2H])c([2H])c5[2H])c4[2H])c3-[n+]3[c-]n(-c4cccc(Oc5ccc6c7ccccc7n(-c7cc(C(C)(C)C)ccn7)c6c5)c4)c4ccccc43)c2[2H])c([2H])c1[2H]. The molecule has 0 bridgehead atoms. The standard InChI is InChI=1S/C88H68N4OSi2/c1-88(2,3)66-56-57-89-86(60-66)92-82-51-23-22-48-80(82)81-55-54-69(62-85(81)92)93-68-33-28-32-67(61-68)90-63-91(84-53-25-24-52-83(84)90)87-78(64-30-26-46-76(58-64)94(70-34-10-4-11-35-70,71-36-12-5-13-37-71)72-38-14-6-15-39-72)49-29-50-79(87)65-31-27-47-77(59-65)95(73-40-16-7-17-41-73,74-42-18-8-19-43-74)75-44-20-9-21-45-75/h4-62H,1-3H3/i4D,5D,6D,7D,8D,9D,10D,11D,12D,13D,14D,15D,16D,17D,18D,19D,20D,21D,26D,27D,30D,31D,34D,35D,36D,37D,38D,39D,40D,41D,42D,43D,44D,45D,46D,47D,58D,59D. The fourth-order valence-corrected chi connectivity index (χ4v) is 19.3. The number of hydrogen-bond donors (Lipinski definition) is 0. The monoisotopic (exact) mass is 1290 g/mol. The molecule has 5 nitrogen and oxygen atoms in total. The second-order valence-electron chi connectivity index (χ2n) is 22.7. The number of pyridine rings is 1. The zero-order valence-electron chi connectivity index (χ0n) is 88.3. The predicted octanol–water partition coefficient (Wildman–Crippen LogP) is 15.4. The summed E-state index contributed by atoms with van der Waals surface area (Å²) < 4.78 is 380. The largest absolute Gasteiger partial charge is 0.458 e. The van der Waals surface area contributed by atoms with Gasteiger partial charge in [0.15, 0.2) is 16.1 Å². The summed E-state index contributed by atoms with van der Waals surface area (Å²) in [7, 11) is -13.4. The summed E-state index contributed by atoms with van der Waals surface area (Å²) in [4.78, 5) is 4.83. The van der Waals surface area contributed by atoms with Crippen molar-refractivity contribution in [2.24, 2.45) is 0 Å². The van der Waals surface area contributed by atoms with Gasteiger partial charge in [-0.15, -0.1) is 0 Å². The van der Waals surface area contributed by atoms with E-state index >= 15 is 0 Å². The Morgan fingerprint density at radius 3 is 1.38 bits per heavy atom. The highest BCUT2D eigenvalue weighted by molar-refractivity contribution is 7.20. The van der Waals surface area contributed by atoms with Gasteiger partial charge in [-0.25, -0.2) is 4.98 Å². The number of aromatic nitrogens is 4. The van der Waals surface area contributed by atoms with Crippen molar-refractivity contribution in [3.05, 3.63) is 369 Å². The van der Waals surface area contributed by atoms with Crippen molar-refractivity contribution in [1.82, 2.24) is 14.1 Å². The normalized spacial score (nSPS) is 17.5. The first-order valence-electron chi connectivity index (χ1n) is 48.6. The van der Waals surface area contributed by atoms with Gasteiger partial charge in [-0.3, -0.25) is 13.7 Å². The third-order valence-electron chi connectivity index (χ3n) is 16.4. The second kappa shape index (κ2) is 24.5. The van der Waals surface area contributed by atoms with Crippen molar-refractivity contribution < 1.29 is 61.4 Å². The lowest BCUT2D eigenvalue weighted by molar-refractivity contribution is -0.571. The highest BCUT2D eigenvalue weighted by Gasteiger charge is 2.43. The molecule has 95 heavy (non-hydrogen) atoms. The van der Waals surface area contributed by atoms with Gasteiger partial charge in [-0.1, -0.05) is 317 Å². The van der Waals surface area contributed by atoms with Crippen LogP contribution in [0, 0.1) is 6.33 Å². The summed E-state index contributed by atoms with van der Waals surface area (Å²) in [6.45, 7) is 6.24. The highest BCUT2D eigenvalue weighted by Crippen LogP contribution is 2.38. The van der Waals surface area contributed by atoms with Gasteiger partial charge in [-0.2, -0.15) is 0 Å². The van der Waals surface area contributed by atoms with E-state index in [0.29, 0.717) is 17.1 Å². The van der Waals surface area contributed by atoms with Crippen molar-refractivity contribution in [1.29, 1.82) is 0 Å². The Morgan fingerprint density at radius 1 is 0.411 bits per heavy atom. The molecule has 0 aliphatic heterocycles. The lowest BCUT2D eigenvalue weighted by atomic mass is 9.88. The summed E-state index contributed by atoms with van der Waals surface area (Å²) in [5.41, 5.74) is -1.41. The van der Waals surface area contributed by atoms with Crippen LogP contribution in [0.5, 0.6) is 11.5 Å². The molecule has 0 aliphatic rings. The molecule has 3 heterocycles. The van der Waals surface area contributed by atoms with Gasteiger partial charge >= 0.3 is 0 Å². The van der Waals surface area contributed by atoms with E-state index in [9.17, 15) is 43.9 Å². The molecular weight excluding hydrogens is 1190 g/mol. The van der Waals surface area contributed by atoms with E-state index in [4.69, 9.17) is 17.9 Å². The number of nitrogens with zero attached hydrogens (tertiary/aromatic N) is 4. The van der Waals surface area contributed by atoms with Gasteiger partial charge in [0.1, 0.15) is 17.3 Å². The minimum atomic E-state index is -6.71. The van der Waals surface area contributed by atoms with Gasteiger partial charge in [0.05, 0.1) is 85.5 Å². The molecule has 0 N–H and O–H groups in total. The minimum Gasteiger partial charge on any atom is -0.458 e. The fourth-order valence-electron chi connectivity index (χ4n) is 12.2. The topological polar surface area (TPSA) is 35.9 Å². The van der Waals surface area contributed by atoms with Crippen LogP contribution in [0.4, 0.5) is 0 Å². The van der Waals surface area contributed by atoms with E-state index in [1.807, 2.05) is 53.1 Å². The van der Waals surface area contributed by atoms with Crippen LogP contribution < -0.4 is 50.8 Å². The van der Waals surface area contributed by atoms with Crippen molar-refractivity contribution >= 4 is 90.5 Å². The molecular formula is C88H68N4OSi2. The van der Waals surface area contributed by atoms with Crippen molar-refractivity contribution in [3.63, 3.8) is 0 Å². The van der Waals surface area contributed by atoms with Crippen molar-refractivity contribution in [3.8, 4) is 50.9 Å². The van der Waals surface area contributed by atoms with Crippen LogP contribution in [-0.2, 0) is 5.41 Å². The quantitative estimate of drug-likeness (QED) is 0.0444. The molecule has 0 saturated heterocycles. The molecule has 13 aromatic carbocycles. The van der Waals surface area contributed by atoms with Crippen LogP contribution in [0.25, 0.3) is 72.3 Å². The number of imidazole rings is 1. The molecule has 7 heteroatoms. The van der Waals surface area contributed by atoms with E-state index in [2.05, 4.69) is 27.1 Å². The molecule has 0 radical (unpaired) electrons. The first-order chi connectivity index (χ1) is 62.5. The Morgan fingerprint density at radius 2 is 0.863 bits per heavy atom. The van der Waals surface area contributed by atoms with Gasteiger partial charge in [-0.05, 0) is 123 Å². The van der Waals surface area contributed by atoms with E-state index in [0.717, 1.165) is 40.1 Å². The number of ether oxygens (including phenoxy) is 1. The number of hydrogen-bond acceptors (Lipinski definition) is 2. The zero-order valence-corrected chi connectivity index (χ0v) is 52.3. The fraction of sp³-hybridized carbons (Fsp3) is 0.0455. The minimum absolute atomic E-state index is 0.0323. The smallest absolute Gasteiger partial charge is 0.269 e. The van der Waals surface area contributed by atoms with Crippen molar-refractivity contribution in [2.75, 3.05) is 0 Å². The summed E-state index contributed by atoms with van der Waals surface area (Å²) in [5, 5.41) is -8.07. The summed E-state index contributed by atoms with van der Waals surface area (Å²) in [6.07, 6.45) is 5.03. The number of rotatable bonds is 15. The first kappa shape index (κ1) is 30.5. The lowest BCUT2D eigenvalue weighted by Gasteiger charge is -2.35. The van der Waals surface area contributed by atoms with E-state index < -0.39 is 315 Å². The lowest BCUT2D eigenvalue weighted by Crippen LogP contribution is -2.74. The Bertz CT molecular complexity index is 7050. The molecule has 16 aromatic rings. The summed E-state index contributed by atoms with van der Waals surface area (Å²) in [6, 6.07) is -15.8. The van der Waals surface area contributed by atoms with Gasteiger partial charge < -0.3 is 4.74 Å². The first-order valence-corrected chi connectivity index (χ1v) is 33.6. The molecule has 16 rings (SSSR count). The van der Waals surface area contributed by atoms with Crippen LogP contribution >= 0.6 is 0 Å². The molecule has 454 valence electrons. The molecule has 0 saturated carbocycles. The summed E-state index contributed by atoms with van der Waals surface area (Å²) in [5.74, 6) is 1.10. The molecule has 0 atom stereocenters. The number of fused-ring (bicyclic) bond motifs is 4. The molecule has 3 aromatic heterocycles. The van der Waals surface area contributed by atoms with Gasteiger partial charge in [0.25, 0.3) is 6.33 Å². The highest BCUT2D eigenvalue weighted by atomic mass is 28.3. The molecule has 0 amide bonds. The molecule has 0 spiro atoms. The van der Waals surface area contributed by atoms with E-state index in [1.165, 1.54) is 21.3 Å². The average molecular weight is 1290 g/mol. The maximum Gasteiger partial charge on any atom is 0.269 e. The van der Waals surface area contributed by atoms with Crippen LogP contribution in [0.15, 0.2) is 357 Å². The van der Waals surface area contributed by atoms with Crippen LogP contribution in [0.3, 0.4) is 0 Å². The zero-order chi connectivity index (χ0) is 97.0. The Labute approximate surface area is 610 Å². The predicted molar refractivity (Wildman–Crippen MR) is 399 cm³/mol. The van der Waals surface area contributed by atoms with Gasteiger partial charge in [0, 0.05) is 23.0 Å². The summed E-state index contributed by atoms with van der Waals surface area (Å²) >= 11 is 0. The maximum absolute atomic E-state index is 11.2. The van der Waals surface area contributed by atoms with Crippen molar-refractivity contribution in [2.45, 2.75) is 26.2 Å². The van der Waals surface area contributed by atoms with E-state index in [-0.39, 0.29) is 27.9 Å². The van der Waals surface area contributed by atoms with Gasteiger partial charge in [0.2, 0.25) is 0 Å². The third kappa shape index (κ3) is 10.3. The Hall–Kier alpha value is -11.5. The second-order valence-corrected chi connectivity index (χ2v) is 29.7. The molecule has 0 aliphatic carbocycles. The van der Waals surface area contributed by atoms with Crippen LogP contribution in [-0.4, -0.2) is 30.3 Å². The van der Waals surface area contributed by atoms with Crippen LogP contribution in [0.1, 0.15) is 78.4 Å². The number of benzene rings is 13. The average Bonchev–Trinajstić information content (AvgIpc) is 1.68.